The summed E-state index contributed by atoms with van der Waals surface area (Å²) in [5.74, 6) is -0.784. The first-order chi connectivity index (χ1) is 9.79. The number of halogens is 2. The maximum absolute atomic E-state index is 12.4. The number of sulfonamides is 1. The summed E-state index contributed by atoms with van der Waals surface area (Å²) in [6.07, 6.45) is 0.922. The number of piperidine rings is 1. The number of nitrogens with two attached hydrogens (primary N) is 1. The summed E-state index contributed by atoms with van der Waals surface area (Å²) < 4.78 is 26.2. The maximum Gasteiger partial charge on any atom is 0.220 e. The molecule has 21 heavy (non-hydrogen) atoms. The molecule has 0 spiro atoms. The van der Waals surface area contributed by atoms with Crippen molar-refractivity contribution in [3.05, 3.63) is 33.8 Å². The van der Waals surface area contributed by atoms with Crippen LogP contribution in [-0.4, -0.2) is 31.7 Å². The van der Waals surface area contributed by atoms with E-state index in [4.69, 9.17) is 28.9 Å². The van der Waals surface area contributed by atoms with Crippen LogP contribution in [0.2, 0.25) is 10.0 Å². The van der Waals surface area contributed by atoms with Crippen LogP contribution in [0.1, 0.15) is 18.4 Å². The van der Waals surface area contributed by atoms with Crippen LogP contribution in [0.25, 0.3) is 0 Å². The molecule has 1 aliphatic rings. The van der Waals surface area contributed by atoms with Crippen molar-refractivity contribution in [1.82, 2.24) is 4.31 Å². The summed E-state index contributed by atoms with van der Waals surface area (Å²) in [6.45, 7) is 0.613. The summed E-state index contributed by atoms with van der Waals surface area (Å²) in [6, 6.07) is 4.74. The van der Waals surface area contributed by atoms with Gasteiger partial charge in [0.1, 0.15) is 0 Å². The van der Waals surface area contributed by atoms with E-state index in [1.165, 1.54) is 10.4 Å². The Hall–Kier alpha value is -0.820. The number of hydrogen-bond acceptors (Lipinski definition) is 3. The normalized spacial score (nSPS) is 17.8. The van der Waals surface area contributed by atoms with E-state index in [0.717, 1.165) is 0 Å². The van der Waals surface area contributed by atoms with Crippen LogP contribution in [0.15, 0.2) is 18.2 Å². The molecule has 1 saturated heterocycles. The Morgan fingerprint density at radius 3 is 2.43 bits per heavy atom. The molecule has 1 aliphatic heterocycles. The van der Waals surface area contributed by atoms with Crippen molar-refractivity contribution >= 4 is 39.1 Å². The second kappa shape index (κ2) is 6.52. The standard InChI is InChI=1S/C13H16Cl2N2O3S/c14-11-2-1-10(12(15)7-11)8-21(19,20)17-5-3-9(4-6-17)13(16)18/h1-2,7,9H,3-6,8H2,(H2,16,18). The fourth-order valence-electron chi connectivity index (χ4n) is 2.35. The number of amides is 1. The van der Waals surface area contributed by atoms with Gasteiger partial charge in [0.2, 0.25) is 15.9 Å². The van der Waals surface area contributed by atoms with Crippen molar-refractivity contribution in [2.24, 2.45) is 11.7 Å². The average molecular weight is 351 g/mol. The molecule has 1 aromatic rings. The summed E-state index contributed by atoms with van der Waals surface area (Å²) >= 11 is 11.8. The van der Waals surface area contributed by atoms with Crippen molar-refractivity contribution < 1.29 is 13.2 Å². The van der Waals surface area contributed by atoms with Gasteiger partial charge in [-0.25, -0.2) is 12.7 Å². The van der Waals surface area contributed by atoms with E-state index >= 15 is 0 Å². The van der Waals surface area contributed by atoms with Crippen LogP contribution in [0.5, 0.6) is 0 Å². The van der Waals surface area contributed by atoms with Crippen molar-refractivity contribution in [2.75, 3.05) is 13.1 Å². The lowest BCUT2D eigenvalue weighted by molar-refractivity contribution is -0.122. The number of primary amides is 1. The zero-order valence-corrected chi connectivity index (χ0v) is 13.6. The number of carbonyl (C=O) groups excluding carboxylic acids is 1. The minimum atomic E-state index is -3.47. The molecule has 1 amide bonds. The van der Waals surface area contributed by atoms with Crippen molar-refractivity contribution in [3.8, 4) is 0 Å². The van der Waals surface area contributed by atoms with E-state index < -0.39 is 10.0 Å². The van der Waals surface area contributed by atoms with E-state index in [2.05, 4.69) is 0 Å². The van der Waals surface area contributed by atoms with Crippen LogP contribution in [0.3, 0.4) is 0 Å². The van der Waals surface area contributed by atoms with E-state index in [-0.39, 0.29) is 17.6 Å². The molecule has 8 heteroatoms. The van der Waals surface area contributed by atoms with Gasteiger partial charge in [0.05, 0.1) is 5.75 Å². The largest absolute Gasteiger partial charge is 0.369 e. The highest BCUT2D eigenvalue weighted by atomic mass is 35.5. The monoisotopic (exact) mass is 350 g/mol. The molecular weight excluding hydrogens is 335 g/mol. The zero-order chi connectivity index (χ0) is 15.6. The topological polar surface area (TPSA) is 80.5 Å². The Morgan fingerprint density at radius 2 is 1.90 bits per heavy atom. The molecule has 1 fully saturated rings. The molecule has 116 valence electrons. The second-order valence-electron chi connectivity index (χ2n) is 5.07. The maximum atomic E-state index is 12.4. The minimum absolute atomic E-state index is 0.176. The third-order valence-electron chi connectivity index (χ3n) is 3.60. The van der Waals surface area contributed by atoms with E-state index in [1.54, 1.807) is 12.1 Å². The highest BCUT2D eigenvalue weighted by Crippen LogP contribution is 2.26. The Bertz CT molecular complexity index is 641. The average Bonchev–Trinajstić information content (AvgIpc) is 2.42. The van der Waals surface area contributed by atoms with Crippen molar-refractivity contribution in [2.45, 2.75) is 18.6 Å². The van der Waals surface area contributed by atoms with Gasteiger partial charge in [0.15, 0.2) is 0 Å². The van der Waals surface area contributed by atoms with E-state index in [9.17, 15) is 13.2 Å². The molecule has 1 heterocycles. The molecule has 0 aromatic heterocycles. The summed E-state index contributed by atoms with van der Waals surface area (Å²) in [5, 5.41) is 0.793. The zero-order valence-electron chi connectivity index (χ0n) is 11.3. The number of hydrogen-bond donors (Lipinski definition) is 1. The van der Waals surface area contributed by atoms with Crippen LogP contribution >= 0.6 is 23.2 Å². The van der Waals surface area contributed by atoms with Crippen LogP contribution < -0.4 is 5.73 Å². The molecule has 0 aliphatic carbocycles. The van der Waals surface area contributed by atoms with Gasteiger partial charge >= 0.3 is 0 Å². The van der Waals surface area contributed by atoms with Crippen LogP contribution in [0.4, 0.5) is 0 Å². The first-order valence-corrected chi connectivity index (χ1v) is 8.87. The first-order valence-electron chi connectivity index (χ1n) is 6.50. The Balaban J connectivity index is 2.07. The highest BCUT2D eigenvalue weighted by Gasteiger charge is 2.30. The lowest BCUT2D eigenvalue weighted by atomic mass is 9.98. The lowest BCUT2D eigenvalue weighted by Gasteiger charge is -2.29. The number of carbonyl (C=O) groups is 1. The molecule has 5 nitrogen and oxygen atoms in total. The predicted molar refractivity (Wildman–Crippen MR) is 82.6 cm³/mol. The van der Waals surface area contributed by atoms with Gasteiger partial charge in [-0.15, -0.1) is 0 Å². The van der Waals surface area contributed by atoms with E-state index in [1.807, 2.05) is 0 Å². The Morgan fingerprint density at radius 1 is 1.29 bits per heavy atom. The third-order valence-corrected chi connectivity index (χ3v) is 6.02. The molecule has 0 radical (unpaired) electrons. The number of rotatable bonds is 4. The van der Waals surface area contributed by atoms with Gasteiger partial charge in [-0.2, -0.15) is 0 Å². The lowest BCUT2D eigenvalue weighted by Crippen LogP contribution is -2.42. The van der Waals surface area contributed by atoms with Crippen molar-refractivity contribution in [1.29, 1.82) is 0 Å². The molecular formula is C13H16Cl2N2O3S. The smallest absolute Gasteiger partial charge is 0.220 e. The van der Waals surface area contributed by atoms with Crippen LogP contribution in [-0.2, 0) is 20.6 Å². The summed E-state index contributed by atoms with van der Waals surface area (Å²) in [7, 11) is -3.47. The minimum Gasteiger partial charge on any atom is -0.369 e. The van der Waals surface area contributed by atoms with Gasteiger partial charge in [0, 0.05) is 29.1 Å². The Kier molecular flexibility index (Phi) is 5.14. The van der Waals surface area contributed by atoms with Crippen LogP contribution in [0, 0.1) is 5.92 Å². The Labute approximate surface area is 134 Å². The van der Waals surface area contributed by atoms with Gasteiger partial charge in [0.25, 0.3) is 0 Å². The fourth-order valence-corrected chi connectivity index (χ4v) is 4.49. The van der Waals surface area contributed by atoms with Gasteiger partial charge in [-0.05, 0) is 30.5 Å². The first kappa shape index (κ1) is 16.5. The highest BCUT2D eigenvalue weighted by molar-refractivity contribution is 7.88. The molecule has 2 N–H and O–H groups in total. The van der Waals surface area contributed by atoms with Gasteiger partial charge < -0.3 is 5.73 Å². The summed E-state index contributed by atoms with van der Waals surface area (Å²) in [5.41, 5.74) is 5.75. The molecule has 0 bridgehead atoms. The fraction of sp³-hybridized carbons (Fsp3) is 0.462. The molecule has 1 aromatic carbocycles. The molecule has 0 atom stereocenters. The number of benzene rings is 1. The number of nitrogens with zero attached hydrogens (tertiary/aromatic N) is 1. The SMILES string of the molecule is NC(=O)C1CCN(S(=O)(=O)Cc2ccc(Cl)cc2Cl)CC1. The predicted octanol–water partition coefficient (Wildman–Crippen LogP) is 2.02. The quantitative estimate of drug-likeness (QED) is 0.901. The van der Waals surface area contributed by atoms with Gasteiger partial charge in [-0.1, -0.05) is 29.3 Å². The summed E-state index contributed by atoms with van der Waals surface area (Å²) in [4.78, 5) is 11.1. The third kappa shape index (κ3) is 4.10. The second-order valence-corrected chi connectivity index (χ2v) is 7.88. The van der Waals surface area contributed by atoms with Crippen molar-refractivity contribution in [3.63, 3.8) is 0 Å². The van der Waals surface area contributed by atoms with Gasteiger partial charge in [-0.3, -0.25) is 4.79 Å². The molecule has 0 saturated carbocycles. The molecule has 0 unspecified atom stereocenters. The molecule has 2 rings (SSSR count). The van der Waals surface area contributed by atoms with E-state index in [0.29, 0.717) is 41.5 Å².